The zero-order valence-electron chi connectivity index (χ0n) is 61.9. The second-order valence-electron chi connectivity index (χ2n) is 28.7. The highest BCUT2D eigenvalue weighted by atomic mass is 127. The zero-order chi connectivity index (χ0) is 74.0. The minimum absolute atomic E-state index is 0.0394. The summed E-state index contributed by atoms with van der Waals surface area (Å²) in [6, 6.07) is 11.9. The number of amides is 6. The van der Waals surface area contributed by atoms with Crippen LogP contribution in [-0.2, 0) is 84.4 Å². The van der Waals surface area contributed by atoms with Gasteiger partial charge in [0.05, 0.1) is 104 Å². The largest absolute Gasteiger partial charge is 0.460 e. The van der Waals surface area contributed by atoms with Crippen LogP contribution in [0.1, 0.15) is 185 Å². The molecule has 0 saturated heterocycles. The maximum Gasteiger partial charge on any atom is 0.329 e. The van der Waals surface area contributed by atoms with Crippen LogP contribution in [0.4, 0.5) is 15.3 Å². The highest BCUT2D eigenvalue weighted by Crippen LogP contribution is 2.26. The summed E-state index contributed by atoms with van der Waals surface area (Å²) in [5.74, 6) is -2.59. The van der Waals surface area contributed by atoms with Crippen molar-refractivity contribution in [1.29, 1.82) is 0 Å². The smallest absolute Gasteiger partial charge is 0.329 e. The third-order valence-electron chi connectivity index (χ3n) is 15.0. The number of ketones is 1. The molecule has 6 amide bonds. The van der Waals surface area contributed by atoms with Crippen molar-refractivity contribution in [1.82, 2.24) is 41.6 Å². The number of aromatic nitrogens is 3. The van der Waals surface area contributed by atoms with Gasteiger partial charge in [0, 0.05) is 59.1 Å². The molecule has 6 N–H and O–H groups in total. The molecule has 0 fully saturated rings. The van der Waals surface area contributed by atoms with Crippen LogP contribution in [0.15, 0.2) is 54.7 Å². The van der Waals surface area contributed by atoms with Crippen molar-refractivity contribution in [3.63, 3.8) is 0 Å². The van der Waals surface area contributed by atoms with Gasteiger partial charge in [0.25, 0.3) is 0 Å². The number of halogens is 1. The average molecular weight is 1520 g/mol. The summed E-state index contributed by atoms with van der Waals surface area (Å²) >= 11 is 2.22. The molecule has 3 rings (SSSR count). The van der Waals surface area contributed by atoms with Crippen LogP contribution in [0, 0.1) is 14.9 Å². The number of hydrogen-bond acceptors (Lipinski definition) is 19. The van der Waals surface area contributed by atoms with Gasteiger partial charge in [0.15, 0.2) is 0 Å². The molecular formula is C73H118IN9O17. The standard InChI is InChI=1S/C73H118IN9O17/c1-14-15-16-22-55(65(87)79-59(66(88)99-72(8,9)10)25-17-19-34-75-63(85)49-53-27-29-56(74)30-28-53)51-58(84)33-37-92-39-41-94-43-45-96-47-48-97-46-44-95-42-40-93-38-36-83-61(52-77-82-83)54-23-21-24-57(50-54)78-68(90)76-35-20-18-26-60(67(89)100-73(11,12)13)80-69(91)81-62(70(2,3)4)31-32-64(86)98-71(5,6)7/h21,23-24,27-30,50,52,55,59-60,62H,14-20,22,25-26,31-49,51H2,1-13H3,(H,75,85)(H,79,87)(H2,76,78,90)(H2,80,81,91)/t55-,59+,60+,62+/m1/s1. The monoisotopic (exact) mass is 1520 g/mol. The molecule has 3 aromatic rings. The lowest BCUT2D eigenvalue weighted by molar-refractivity contribution is -0.159. The van der Waals surface area contributed by atoms with Crippen LogP contribution in [0.2, 0.25) is 0 Å². The molecule has 1 heterocycles. The van der Waals surface area contributed by atoms with E-state index >= 15 is 0 Å². The normalized spacial score (nSPS) is 13.1. The zero-order valence-corrected chi connectivity index (χ0v) is 64.0. The number of unbranched alkanes of at least 4 members (excludes halogenated alkanes) is 4. The molecule has 0 spiro atoms. The summed E-state index contributed by atoms with van der Waals surface area (Å²) in [6.07, 6.45) is 8.48. The van der Waals surface area contributed by atoms with E-state index in [1.807, 2.05) is 63.2 Å². The summed E-state index contributed by atoms with van der Waals surface area (Å²) in [4.78, 5) is 105. The Hall–Kier alpha value is -6.37. The van der Waals surface area contributed by atoms with E-state index in [4.69, 9.17) is 42.6 Å². The first-order valence-corrected chi connectivity index (χ1v) is 36.5. The molecule has 1 aromatic heterocycles. The Labute approximate surface area is 607 Å². The van der Waals surface area contributed by atoms with E-state index in [0.29, 0.717) is 143 Å². The Morgan fingerprint density at radius 2 is 1.06 bits per heavy atom. The van der Waals surface area contributed by atoms with Crippen LogP contribution in [0.25, 0.3) is 11.3 Å². The predicted octanol–water partition coefficient (Wildman–Crippen LogP) is 10.4. The predicted molar refractivity (Wildman–Crippen MR) is 390 cm³/mol. The van der Waals surface area contributed by atoms with Crippen LogP contribution in [0.5, 0.6) is 0 Å². The van der Waals surface area contributed by atoms with Gasteiger partial charge in [-0.25, -0.2) is 23.9 Å². The van der Waals surface area contributed by atoms with E-state index in [1.54, 1.807) is 79.3 Å². The average Bonchev–Trinajstić information content (AvgIpc) is 1.88. The van der Waals surface area contributed by atoms with E-state index in [2.05, 4.69) is 71.7 Å². The molecule has 4 atom stereocenters. The van der Waals surface area contributed by atoms with Gasteiger partial charge in [0.2, 0.25) is 11.8 Å². The molecule has 0 saturated carbocycles. The Kier molecular flexibility index (Phi) is 41.9. The molecule has 27 heteroatoms. The lowest BCUT2D eigenvalue weighted by Gasteiger charge is -2.32. The first-order valence-electron chi connectivity index (χ1n) is 35.4. The number of rotatable bonds is 50. The van der Waals surface area contributed by atoms with Crippen LogP contribution in [-0.4, -0.2) is 190 Å². The van der Waals surface area contributed by atoms with Gasteiger partial charge in [0.1, 0.15) is 34.7 Å². The maximum atomic E-state index is 13.7. The molecule has 0 radical (unpaired) electrons. The molecule has 0 aliphatic heterocycles. The van der Waals surface area contributed by atoms with Gasteiger partial charge in [-0.3, -0.25) is 19.2 Å². The van der Waals surface area contributed by atoms with Crippen LogP contribution >= 0.6 is 22.6 Å². The highest BCUT2D eigenvalue weighted by molar-refractivity contribution is 14.1. The summed E-state index contributed by atoms with van der Waals surface area (Å²) in [7, 11) is 0. The molecular weight excluding hydrogens is 1400 g/mol. The number of anilines is 1. The molecule has 564 valence electrons. The van der Waals surface area contributed by atoms with E-state index in [1.165, 1.54) is 0 Å². The maximum absolute atomic E-state index is 13.7. The number of Topliss-reactive ketones (excluding diaryl/α,β-unsaturated/α-hetero) is 1. The number of ether oxygens (including phenoxy) is 9. The SMILES string of the molecule is CCCCC[C@H](CC(=O)CCOCCOCCOCCOCCOCCOCCn1nncc1-c1cccc(NC(=O)NCCCC[C@H](NC(=O)N[C@@H](CCC(=O)OC(C)(C)C)C(C)(C)C)C(=O)OC(C)(C)C)c1)C(=O)N[C@@H](CCCCNC(=O)Cc1ccc(I)cc1)C(=O)OC(C)(C)C. The topological polar surface area (TPSA) is 323 Å². The van der Waals surface area contributed by atoms with Crippen LogP contribution < -0.4 is 31.9 Å². The van der Waals surface area contributed by atoms with Gasteiger partial charge < -0.3 is 74.5 Å². The second-order valence-corrected chi connectivity index (χ2v) is 29.9. The fourth-order valence-corrected chi connectivity index (χ4v) is 10.3. The number of urea groups is 2. The first-order chi connectivity index (χ1) is 47.3. The quantitative estimate of drug-likeness (QED) is 0.0132. The van der Waals surface area contributed by atoms with Crippen molar-refractivity contribution in [2.24, 2.45) is 11.3 Å². The summed E-state index contributed by atoms with van der Waals surface area (Å²) in [5, 5.41) is 25.6. The number of nitrogens with zero attached hydrogens (tertiary/aromatic N) is 3. The number of benzene rings is 2. The Balaban J connectivity index is 1.24. The molecule has 0 bridgehead atoms. The lowest BCUT2D eigenvalue weighted by Crippen LogP contribution is -2.53. The Bertz CT molecular complexity index is 2890. The van der Waals surface area contributed by atoms with Gasteiger partial charge >= 0.3 is 30.0 Å². The summed E-state index contributed by atoms with van der Waals surface area (Å²) in [5.41, 5.74) is 0.442. The second kappa shape index (κ2) is 47.7. The van der Waals surface area contributed by atoms with Gasteiger partial charge in [-0.1, -0.05) is 76.4 Å². The molecule has 0 unspecified atom stereocenters. The van der Waals surface area contributed by atoms with Crippen molar-refractivity contribution < 1.29 is 81.0 Å². The van der Waals surface area contributed by atoms with Crippen LogP contribution in [0.3, 0.4) is 0 Å². The third-order valence-corrected chi connectivity index (χ3v) is 15.7. The number of carbonyl (C=O) groups is 8. The highest BCUT2D eigenvalue weighted by Gasteiger charge is 2.33. The fourth-order valence-electron chi connectivity index (χ4n) is 9.95. The Morgan fingerprint density at radius 1 is 0.540 bits per heavy atom. The van der Waals surface area contributed by atoms with E-state index in [-0.39, 0.29) is 62.3 Å². The molecule has 100 heavy (non-hydrogen) atoms. The first kappa shape index (κ1) is 87.8. The van der Waals surface area contributed by atoms with Crippen molar-refractivity contribution in [2.75, 3.05) is 97.7 Å². The number of nitrogens with one attached hydrogen (secondary N) is 6. The molecule has 0 aliphatic rings. The van der Waals surface area contributed by atoms with Crippen molar-refractivity contribution in [3.05, 3.63) is 63.9 Å². The van der Waals surface area contributed by atoms with E-state index < -0.39 is 70.3 Å². The number of esters is 3. The van der Waals surface area contributed by atoms with Crippen molar-refractivity contribution >= 4 is 75.8 Å². The Morgan fingerprint density at radius 3 is 1.60 bits per heavy atom. The van der Waals surface area contributed by atoms with Gasteiger partial charge in [-0.05, 0) is 172 Å². The van der Waals surface area contributed by atoms with E-state index in [9.17, 15) is 38.4 Å². The lowest BCUT2D eigenvalue weighted by atomic mass is 9.84. The molecule has 26 nitrogen and oxygen atoms in total. The minimum Gasteiger partial charge on any atom is -0.460 e. The summed E-state index contributed by atoms with van der Waals surface area (Å²) < 4.78 is 53.5. The summed E-state index contributed by atoms with van der Waals surface area (Å²) in [6.45, 7) is 29.3. The van der Waals surface area contributed by atoms with Gasteiger partial charge in [-0.2, -0.15) is 0 Å². The number of hydrogen-bond donors (Lipinski definition) is 6. The van der Waals surface area contributed by atoms with Gasteiger partial charge in [-0.15, -0.1) is 5.10 Å². The van der Waals surface area contributed by atoms with Crippen molar-refractivity contribution in [2.45, 2.75) is 228 Å². The third kappa shape index (κ3) is 42.1. The molecule has 0 aliphatic carbocycles. The fraction of sp³-hybridized carbons (Fsp3) is 0.699. The van der Waals surface area contributed by atoms with Crippen molar-refractivity contribution in [3.8, 4) is 11.3 Å². The minimum atomic E-state index is -0.951. The molecule has 2 aromatic carbocycles. The van der Waals surface area contributed by atoms with E-state index in [0.717, 1.165) is 39.7 Å². The number of carbonyl (C=O) groups excluding carboxylic acids is 8.